The lowest BCUT2D eigenvalue weighted by Gasteiger charge is -2.06. The van der Waals surface area contributed by atoms with Crippen molar-refractivity contribution < 1.29 is 13.2 Å². The number of amides is 1. The topological polar surface area (TPSA) is 101 Å². The van der Waals surface area contributed by atoms with E-state index < -0.39 is 10.0 Å². The summed E-state index contributed by atoms with van der Waals surface area (Å²) in [5.74, 6) is 1.10. The molecular weight excluding hydrogens is 440 g/mol. The molecule has 0 spiro atoms. The fourth-order valence-electron chi connectivity index (χ4n) is 2.63. The summed E-state index contributed by atoms with van der Waals surface area (Å²) >= 11 is 2.47. The van der Waals surface area contributed by atoms with Crippen molar-refractivity contribution in [2.45, 2.75) is 23.9 Å². The maximum Gasteiger partial charge on any atom is 0.269 e. The Morgan fingerprint density at radius 2 is 1.73 bits per heavy atom. The van der Waals surface area contributed by atoms with Crippen LogP contribution in [0.25, 0.3) is 0 Å². The third kappa shape index (κ3) is 5.88. The molecule has 1 heterocycles. The molecule has 3 aromatic rings. The lowest BCUT2D eigenvalue weighted by molar-refractivity contribution is 0.102. The van der Waals surface area contributed by atoms with Crippen LogP contribution in [0.4, 0.5) is 5.13 Å². The van der Waals surface area contributed by atoms with Gasteiger partial charge in [-0.3, -0.25) is 10.1 Å². The number of sulfonamides is 1. The van der Waals surface area contributed by atoms with Gasteiger partial charge in [0.25, 0.3) is 15.9 Å². The molecule has 3 rings (SSSR count). The van der Waals surface area contributed by atoms with Crippen LogP contribution in [0.15, 0.2) is 52.9 Å². The first kappa shape index (κ1) is 22.4. The molecule has 0 atom stereocenters. The molecule has 2 aromatic carbocycles. The molecule has 0 aliphatic heterocycles. The average molecular weight is 463 g/mol. The lowest BCUT2D eigenvalue weighted by atomic mass is 10.1. The van der Waals surface area contributed by atoms with Crippen molar-refractivity contribution in [3.05, 3.63) is 70.8 Å². The molecule has 1 amide bonds. The van der Waals surface area contributed by atoms with Gasteiger partial charge in [-0.05, 0) is 36.6 Å². The third-order valence-corrected chi connectivity index (χ3v) is 7.98. The van der Waals surface area contributed by atoms with Crippen molar-refractivity contribution in [2.24, 2.45) is 0 Å². The molecule has 0 bridgehead atoms. The Morgan fingerprint density at radius 3 is 2.47 bits per heavy atom. The monoisotopic (exact) mass is 462 g/mol. The number of thioether (sulfide) groups is 1. The van der Waals surface area contributed by atoms with Gasteiger partial charge < -0.3 is 0 Å². The molecule has 158 valence electrons. The van der Waals surface area contributed by atoms with Crippen molar-refractivity contribution in [3.63, 3.8) is 0 Å². The Balaban J connectivity index is 1.51. The van der Waals surface area contributed by atoms with Crippen LogP contribution in [0.2, 0.25) is 0 Å². The van der Waals surface area contributed by atoms with E-state index in [0.29, 0.717) is 11.3 Å². The van der Waals surface area contributed by atoms with Gasteiger partial charge in [-0.2, -0.15) is 11.8 Å². The van der Waals surface area contributed by atoms with Crippen LogP contribution in [0.3, 0.4) is 0 Å². The van der Waals surface area contributed by atoms with Crippen LogP contribution in [-0.2, 0) is 15.8 Å². The highest BCUT2D eigenvalue weighted by Crippen LogP contribution is 2.21. The highest BCUT2D eigenvalue weighted by molar-refractivity contribution is 7.98. The van der Waals surface area contributed by atoms with Crippen LogP contribution in [0.5, 0.6) is 0 Å². The summed E-state index contributed by atoms with van der Waals surface area (Å²) in [4.78, 5) is 12.3. The number of nitrogens with zero attached hydrogens (tertiary/aromatic N) is 2. The summed E-state index contributed by atoms with van der Waals surface area (Å²) in [5, 5.41) is 10.2. The zero-order valence-corrected chi connectivity index (χ0v) is 19.0. The number of carbonyl (C=O) groups is 1. The van der Waals surface area contributed by atoms with Gasteiger partial charge in [0.2, 0.25) is 9.47 Å². The Hall–Kier alpha value is -2.27. The van der Waals surface area contributed by atoms with Crippen LogP contribution >= 0.6 is 23.1 Å². The summed E-state index contributed by atoms with van der Waals surface area (Å²) in [6, 6.07) is 15.2. The van der Waals surface area contributed by atoms with Gasteiger partial charge in [-0.15, -0.1) is 10.2 Å². The smallest absolute Gasteiger partial charge is 0.269 e. The van der Waals surface area contributed by atoms with Crippen molar-refractivity contribution in [1.29, 1.82) is 0 Å². The second-order valence-corrected chi connectivity index (χ2v) is 10.5. The molecule has 10 heteroatoms. The number of anilines is 1. The quantitative estimate of drug-likeness (QED) is 0.372. The van der Waals surface area contributed by atoms with Gasteiger partial charge in [-0.25, -0.2) is 13.1 Å². The highest BCUT2D eigenvalue weighted by Gasteiger charge is 2.21. The first-order chi connectivity index (χ1) is 14.4. The number of benzene rings is 2. The normalized spacial score (nSPS) is 11.4. The van der Waals surface area contributed by atoms with Crippen LogP contribution in [-0.4, -0.2) is 36.8 Å². The van der Waals surface area contributed by atoms with E-state index in [2.05, 4.69) is 39.3 Å². The number of carbonyl (C=O) groups excluding carboxylic acids is 1. The number of hydrogen-bond donors (Lipinski definition) is 2. The van der Waals surface area contributed by atoms with Crippen LogP contribution in [0.1, 0.15) is 27.0 Å². The van der Waals surface area contributed by atoms with E-state index >= 15 is 0 Å². The molecule has 30 heavy (non-hydrogen) atoms. The minimum Gasteiger partial charge on any atom is -0.296 e. The summed E-state index contributed by atoms with van der Waals surface area (Å²) in [5.41, 5.74) is 3.78. The number of hydrogen-bond acceptors (Lipinski definition) is 7. The first-order valence-electron chi connectivity index (χ1n) is 9.19. The summed E-state index contributed by atoms with van der Waals surface area (Å²) < 4.78 is 27.2. The van der Waals surface area contributed by atoms with E-state index in [4.69, 9.17) is 0 Å². The number of nitrogens with one attached hydrogen (secondary N) is 2. The van der Waals surface area contributed by atoms with E-state index in [1.807, 2.05) is 31.2 Å². The molecule has 1 aromatic heterocycles. The first-order valence-corrected chi connectivity index (χ1v) is 12.6. The minimum atomic E-state index is -3.77. The van der Waals surface area contributed by atoms with Crippen molar-refractivity contribution in [2.75, 3.05) is 17.6 Å². The predicted octanol–water partition coefficient (Wildman–Crippen LogP) is 3.62. The molecule has 0 saturated heterocycles. The number of aryl methyl sites for hydroxylation is 2. The van der Waals surface area contributed by atoms with E-state index in [1.165, 1.54) is 11.1 Å². The fraction of sp³-hybridized carbons (Fsp3) is 0.250. The molecule has 0 unspecified atom stereocenters. The van der Waals surface area contributed by atoms with Gasteiger partial charge in [0.15, 0.2) is 0 Å². The summed E-state index contributed by atoms with van der Waals surface area (Å²) in [6.07, 6.45) is 0. The molecule has 0 saturated carbocycles. The molecule has 0 aliphatic rings. The molecule has 7 nitrogen and oxygen atoms in total. The predicted molar refractivity (Wildman–Crippen MR) is 122 cm³/mol. The summed E-state index contributed by atoms with van der Waals surface area (Å²) in [6.45, 7) is 4.17. The Morgan fingerprint density at radius 1 is 1.03 bits per heavy atom. The van der Waals surface area contributed by atoms with E-state index in [0.717, 1.165) is 22.7 Å². The average Bonchev–Trinajstić information content (AvgIpc) is 3.19. The van der Waals surface area contributed by atoms with Crippen LogP contribution in [0, 0.1) is 13.8 Å². The molecule has 0 fully saturated rings. The van der Waals surface area contributed by atoms with E-state index in [1.54, 1.807) is 23.9 Å². The number of rotatable bonds is 9. The number of aromatic nitrogens is 2. The Kier molecular flexibility index (Phi) is 7.59. The van der Waals surface area contributed by atoms with Crippen molar-refractivity contribution >= 4 is 44.2 Å². The Labute approximate surface area is 184 Å². The molecular formula is C20H22N4O3S3. The maximum atomic E-state index is 12.4. The van der Waals surface area contributed by atoms with E-state index in [9.17, 15) is 13.2 Å². The maximum absolute atomic E-state index is 12.4. The van der Waals surface area contributed by atoms with Crippen molar-refractivity contribution in [3.8, 4) is 0 Å². The van der Waals surface area contributed by atoms with Crippen LogP contribution < -0.4 is 10.0 Å². The molecule has 0 radical (unpaired) electrons. The Bertz CT molecular complexity index is 1130. The van der Waals surface area contributed by atoms with Gasteiger partial charge in [0.1, 0.15) is 0 Å². The standard InChI is InChI=1S/C20H22N4O3S3/c1-14-7-3-5-9-16(14)13-28-12-11-21-30(26,27)20-24-23-19(29-20)22-18(25)17-10-6-4-8-15(17)2/h3-10,21H,11-13H2,1-2H3,(H,22,23,25). The third-order valence-electron chi connectivity index (χ3n) is 4.30. The SMILES string of the molecule is Cc1ccccc1CSCCNS(=O)(=O)c1nnc(NC(=O)c2ccccc2C)s1. The van der Waals surface area contributed by atoms with Gasteiger partial charge >= 0.3 is 0 Å². The zero-order valence-electron chi connectivity index (χ0n) is 16.6. The van der Waals surface area contributed by atoms with Gasteiger partial charge in [0, 0.05) is 23.6 Å². The van der Waals surface area contributed by atoms with Gasteiger partial charge in [-0.1, -0.05) is 53.8 Å². The largest absolute Gasteiger partial charge is 0.296 e. The second kappa shape index (κ2) is 10.2. The van der Waals surface area contributed by atoms with Gasteiger partial charge in [0.05, 0.1) is 0 Å². The fourth-order valence-corrected chi connectivity index (χ4v) is 5.66. The van der Waals surface area contributed by atoms with Crippen molar-refractivity contribution in [1.82, 2.24) is 14.9 Å². The van der Waals surface area contributed by atoms with E-state index in [-0.39, 0.29) is 21.9 Å². The molecule has 2 N–H and O–H groups in total. The lowest BCUT2D eigenvalue weighted by Crippen LogP contribution is -2.26. The minimum absolute atomic E-state index is 0.137. The highest BCUT2D eigenvalue weighted by atomic mass is 32.2. The zero-order chi connectivity index (χ0) is 21.6. The second-order valence-electron chi connectivity index (χ2n) is 6.52. The molecule has 0 aliphatic carbocycles. The summed E-state index contributed by atoms with van der Waals surface area (Å²) in [7, 11) is -3.77.